The number of nitrogens with one attached hydrogen (secondary N) is 1. The predicted molar refractivity (Wildman–Crippen MR) is 105 cm³/mol. The van der Waals surface area contributed by atoms with Crippen molar-refractivity contribution in [2.75, 3.05) is 17.3 Å². The van der Waals surface area contributed by atoms with Crippen molar-refractivity contribution < 1.29 is 26.0 Å². The number of carbonyl (C=O) groups is 1. The Hall–Kier alpha value is -2.76. The van der Waals surface area contributed by atoms with Crippen molar-refractivity contribution in [2.45, 2.75) is 9.79 Å². The highest BCUT2D eigenvalue weighted by Crippen LogP contribution is 2.27. The number of benzene rings is 2. The summed E-state index contributed by atoms with van der Waals surface area (Å²) in [6, 6.07) is 11.0. The third kappa shape index (κ3) is 5.00. The molecule has 3 rings (SSSR count). The Morgan fingerprint density at radius 3 is 2.34 bits per heavy atom. The van der Waals surface area contributed by atoms with Crippen LogP contribution < -0.4 is 5.32 Å². The van der Waals surface area contributed by atoms with E-state index in [1.165, 1.54) is 36.4 Å². The normalized spacial score (nSPS) is 11.9. The molecule has 9 nitrogen and oxygen atoms in total. The Bertz CT molecular complexity index is 1270. The number of nitrogens with zero attached hydrogens (tertiary/aromatic N) is 2. The highest BCUT2D eigenvalue weighted by atomic mass is 35.5. The van der Waals surface area contributed by atoms with E-state index in [0.29, 0.717) is 5.02 Å². The molecule has 0 saturated carbocycles. The molecule has 0 bridgehead atoms. The standard InChI is InChI=1S/C17H14ClN3O6S2/c1-28(23,24)14-5-3-2-4-13(14)16-20-21-17(27-16)19-15(22)10-29(25,26)12-8-6-11(18)7-9-12/h2-9H,10H2,1H3,(H,19,21,22). The van der Waals surface area contributed by atoms with Gasteiger partial charge in [0.25, 0.3) is 5.89 Å². The Kier molecular flexibility index (Phi) is 5.73. The first-order chi connectivity index (χ1) is 13.6. The lowest BCUT2D eigenvalue weighted by Gasteiger charge is -2.04. The predicted octanol–water partition coefficient (Wildman–Crippen LogP) is 2.21. The monoisotopic (exact) mass is 455 g/mol. The zero-order valence-electron chi connectivity index (χ0n) is 14.9. The SMILES string of the molecule is CS(=O)(=O)c1ccccc1-c1nnc(NC(=O)CS(=O)(=O)c2ccc(Cl)cc2)o1. The van der Waals surface area contributed by atoms with E-state index in [9.17, 15) is 21.6 Å². The van der Waals surface area contributed by atoms with Crippen molar-refractivity contribution in [2.24, 2.45) is 0 Å². The third-order valence-corrected chi connectivity index (χ3v) is 6.72. The summed E-state index contributed by atoms with van der Waals surface area (Å²) in [5.41, 5.74) is 0.164. The molecule has 2 aromatic carbocycles. The van der Waals surface area contributed by atoms with Crippen LogP contribution in [-0.4, -0.2) is 44.9 Å². The molecule has 0 atom stereocenters. The summed E-state index contributed by atoms with van der Waals surface area (Å²) >= 11 is 5.73. The summed E-state index contributed by atoms with van der Waals surface area (Å²) in [7, 11) is -7.46. The minimum atomic E-state index is -3.91. The van der Waals surface area contributed by atoms with Gasteiger partial charge < -0.3 is 4.42 Å². The van der Waals surface area contributed by atoms with Gasteiger partial charge in [-0.05, 0) is 36.4 Å². The molecule has 0 aliphatic rings. The second kappa shape index (κ2) is 7.93. The maximum atomic E-state index is 12.3. The quantitative estimate of drug-likeness (QED) is 0.597. The fourth-order valence-corrected chi connectivity index (χ4v) is 4.54. The van der Waals surface area contributed by atoms with Crippen molar-refractivity contribution in [1.82, 2.24) is 10.2 Å². The van der Waals surface area contributed by atoms with Crippen LogP contribution in [0.1, 0.15) is 0 Å². The van der Waals surface area contributed by atoms with Gasteiger partial charge in [-0.1, -0.05) is 28.8 Å². The Labute approximate surface area is 171 Å². The summed E-state index contributed by atoms with van der Waals surface area (Å²) in [5.74, 6) is -1.89. The van der Waals surface area contributed by atoms with Crippen LogP contribution in [0.4, 0.5) is 6.01 Å². The van der Waals surface area contributed by atoms with Crippen LogP contribution in [0.3, 0.4) is 0 Å². The first-order valence-corrected chi connectivity index (χ1v) is 11.9. The molecular formula is C17H14ClN3O6S2. The zero-order chi connectivity index (χ0) is 21.2. The maximum absolute atomic E-state index is 12.3. The largest absolute Gasteiger partial charge is 0.403 e. The zero-order valence-corrected chi connectivity index (χ0v) is 17.3. The number of amides is 1. The molecule has 0 radical (unpaired) electrons. The molecule has 1 heterocycles. The number of hydrogen-bond donors (Lipinski definition) is 1. The van der Waals surface area contributed by atoms with Gasteiger partial charge in [0.05, 0.1) is 15.4 Å². The van der Waals surface area contributed by atoms with Crippen LogP contribution in [0.25, 0.3) is 11.5 Å². The Balaban J connectivity index is 1.77. The average molecular weight is 456 g/mol. The minimum absolute atomic E-state index is 0.0214. The van der Waals surface area contributed by atoms with Gasteiger partial charge in [-0.25, -0.2) is 16.8 Å². The fourth-order valence-electron chi connectivity index (χ4n) is 2.40. The molecule has 0 fully saturated rings. The highest BCUT2D eigenvalue weighted by Gasteiger charge is 2.22. The summed E-state index contributed by atoms with van der Waals surface area (Å²) < 4.78 is 53.6. The highest BCUT2D eigenvalue weighted by molar-refractivity contribution is 7.92. The van der Waals surface area contributed by atoms with Gasteiger partial charge in [0, 0.05) is 11.3 Å². The second-order valence-corrected chi connectivity index (χ2v) is 10.4. The first-order valence-electron chi connectivity index (χ1n) is 7.97. The average Bonchev–Trinajstić information content (AvgIpc) is 3.09. The summed E-state index contributed by atoms with van der Waals surface area (Å²) in [5, 5.41) is 9.89. The van der Waals surface area contributed by atoms with E-state index >= 15 is 0 Å². The van der Waals surface area contributed by atoms with E-state index in [1.54, 1.807) is 12.1 Å². The molecule has 0 saturated heterocycles. The summed E-state index contributed by atoms with van der Waals surface area (Å²) in [4.78, 5) is 12.0. The summed E-state index contributed by atoms with van der Waals surface area (Å²) in [6.07, 6.45) is 1.03. The van der Waals surface area contributed by atoms with Gasteiger partial charge in [-0.15, -0.1) is 5.10 Å². The molecule has 152 valence electrons. The van der Waals surface area contributed by atoms with E-state index in [1.807, 2.05) is 0 Å². The molecule has 0 unspecified atom stereocenters. The first kappa shape index (κ1) is 21.0. The lowest BCUT2D eigenvalue weighted by atomic mass is 10.2. The van der Waals surface area contributed by atoms with Crippen LogP contribution in [0.15, 0.2) is 62.7 Å². The van der Waals surface area contributed by atoms with Crippen LogP contribution in [0.5, 0.6) is 0 Å². The van der Waals surface area contributed by atoms with E-state index < -0.39 is 31.3 Å². The summed E-state index contributed by atoms with van der Waals surface area (Å²) in [6.45, 7) is 0. The molecule has 1 N–H and O–H groups in total. The number of anilines is 1. The molecule has 0 aliphatic heterocycles. The Morgan fingerprint density at radius 2 is 1.69 bits per heavy atom. The van der Waals surface area contributed by atoms with Gasteiger partial charge >= 0.3 is 6.01 Å². The maximum Gasteiger partial charge on any atom is 0.322 e. The lowest BCUT2D eigenvalue weighted by molar-refractivity contribution is -0.114. The van der Waals surface area contributed by atoms with Crippen LogP contribution in [0, 0.1) is 0 Å². The molecule has 0 spiro atoms. The molecule has 12 heteroatoms. The van der Waals surface area contributed by atoms with Gasteiger partial charge in [0.1, 0.15) is 5.75 Å². The van der Waals surface area contributed by atoms with Crippen LogP contribution >= 0.6 is 11.6 Å². The van der Waals surface area contributed by atoms with Crippen molar-refractivity contribution >= 4 is 43.2 Å². The van der Waals surface area contributed by atoms with Crippen molar-refractivity contribution in [3.63, 3.8) is 0 Å². The molecule has 0 aliphatic carbocycles. The Morgan fingerprint density at radius 1 is 1.03 bits per heavy atom. The molecular weight excluding hydrogens is 442 g/mol. The van der Waals surface area contributed by atoms with E-state index in [0.717, 1.165) is 6.26 Å². The van der Waals surface area contributed by atoms with E-state index in [4.69, 9.17) is 16.0 Å². The number of aromatic nitrogens is 2. The van der Waals surface area contributed by atoms with Crippen LogP contribution in [-0.2, 0) is 24.5 Å². The van der Waals surface area contributed by atoms with E-state index in [2.05, 4.69) is 15.5 Å². The smallest absolute Gasteiger partial charge is 0.322 e. The number of sulfone groups is 2. The fraction of sp³-hybridized carbons (Fsp3) is 0.118. The second-order valence-electron chi connectivity index (χ2n) is 5.94. The van der Waals surface area contributed by atoms with Crippen molar-refractivity contribution in [3.05, 3.63) is 53.6 Å². The number of halogens is 1. The molecule has 1 aromatic heterocycles. The van der Waals surface area contributed by atoms with Gasteiger partial charge in [0.2, 0.25) is 5.91 Å². The van der Waals surface area contributed by atoms with Crippen molar-refractivity contribution in [1.29, 1.82) is 0 Å². The number of hydrogen-bond acceptors (Lipinski definition) is 8. The van der Waals surface area contributed by atoms with Gasteiger partial charge in [0.15, 0.2) is 19.7 Å². The number of rotatable bonds is 6. The van der Waals surface area contributed by atoms with Crippen LogP contribution in [0.2, 0.25) is 5.02 Å². The third-order valence-electron chi connectivity index (χ3n) is 3.68. The molecule has 3 aromatic rings. The number of carbonyl (C=O) groups excluding carboxylic acids is 1. The van der Waals surface area contributed by atoms with Crippen molar-refractivity contribution in [3.8, 4) is 11.5 Å². The van der Waals surface area contributed by atoms with E-state index in [-0.39, 0.29) is 27.3 Å². The molecule has 1 amide bonds. The minimum Gasteiger partial charge on any atom is -0.403 e. The lowest BCUT2D eigenvalue weighted by Crippen LogP contribution is -2.23. The topological polar surface area (TPSA) is 136 Å². The van der Waals surface area contributed by atoms with Gasteiger partial charge in [-0.3, -0.25) is 10.1 Å². The van der Waals surface area contributed by atoms with Gasteiger partial charge in [-0.2, -0.15) is 0 Å². The molecule has 29 heavy (non-hydrogen) atoms.